The molecule has 0 aromatic heterocycles. The molecule has 0 aromatic carbocycles. The molecule has 21 heavy (non-hydrogen) atoms. The highest BCUT2D eigenvalue weighted by molar-refractivity contribution is 5.09. The molecule has 0 radical (unpaired) electrons. The molecule has 3 rings (SSSR count). The van der Waals surface area contributed by atoms with Gasteiger partial charge in [-0.3, -0.25) is 0 Å². The molecule has 1 saturated heterocycles. The summed E-state index contributed by atoms with van der Waals surface area (Å²) in [5, 5.41) is 0. The van der Waals surface area contributed by atoms with Crippen LogP contribution in [0.4, 0.5) is 0 Å². The van der Waals surface area contributed by atoms with E-state index in [4.69, 9.17) is 14.2 Å². The minimum Gasteiger partial charge on any atom is -0.380 e. The lowest BCUT2D eigenvalue weighted by atomic mass is 9.84. The van der Waals surface area contributed by atoms with Crippen LogP contribution in [0.25, 0.3) is 0 Å². The first-order valence-electron chi connectivity index (χ1n) is 8.73. The van der Waals surface area contributed by atoms with Crippen LogP contribution < -0.4 is 0 Å². The van der Waals surface area contributed by atoms with E-state index < -0.39 is 0 Å². The molecule has 3 atom stereocenters. The largest absolute Gasteiger partial charge is 0.380 e. The Morgan fingerprint density at radius 3 is 2.38 bits per heavy atom. The predicted molar refractivity (Wildman–Crippen MR) is 85.4 cm³/mol. The molecular weight excluding hydrogens is 264 g/mol. The van der Waals surface area contributed by atoms with Gasteiger partial charge in [0.1, 0.15) is 0 Å². The van der Waals surface area contributed by atoms with Gasteiger partial charge in [0.15, 0.2) is 0 Å². The highest BCUT2D eigenvalue weighted by Crippen LogP contribution is 2.43. The Morgan fingerprint density at radius 2 is 1.86 bits per heavy atom. The molecule has 3 nitrogen and oxygen atoms in total. The molecule has 1 aliphatic heterocycles. The van der Waals surface area contributed by atoms with Crippen LogP contribution in [0.3, 0.4) is 0 Å². The van der Waals surface area contributed by atoms with Crippen molar-refractivity contribution in [3.63, 3.8) is 0 Å². The number of ether oxygens (including phenoxy) is 3. The summed E-state index contributed by atoms with van der Waals surface area (Å²) in [5.74, 6) is 2.40. The molecule has 0 spiro atoms. The van der Waals surface area contributed by atoms with Gasteiger partial charge in [-0.05, 0) is 37.0 Å². The zero-order valence-corrected chi connectivity index (χ0v) is 14.0. The molecule has 2 fully saturated rings. The Labute approximate surface area is 130 Å². The molecular formula is C18H32O3. The molecule has 3 unspecified atom stereocenters. The average molecular weight is 296 g/mol. The summed E-state index contributed by atoms with van der Waals surface area (Å²) in [5.41, 5.74) is 0.301. The quantitative estimate of drug-likeness (QED) is 0.505. The van der Waals surface area contributed by atoms with E-state index in [2.05, 4.69) is 19.1 Å². The summed E-state index contributed by atoms with van der Waals surface area (Å²) in [6.45, 7) is 11.1. The highest BCUT2D eigenvalue weighted by atomic mass is 16.5. The van der Waals surface area contributed by atoms with Crippen molar-refractivity contribution in [3.8, 4) is 0 Å². The second-order valence-electron chi connectivity index (χ2n) is 6.51. The number of rotatable bonds is 8. The number of fused-ring (bicyclic) bond motifs is 2. The van der Waals surface area contributed by atoms with Crippen LogP contribution in [0, 0.1) is 23.2 Å². The normalized spacial score (nSPS) is 31.7. The zero-order valence-electron chi connectivity index (χ0n) is 14.0. The lowest BCUT2D eigenvalue weighted by molar-refractivity contribution is -0.153. The molecule has 1 saturated carbocycles. The van der Waals surface area contributed by atoms with E-state index in [1.165, 1.54) is 12.8 Å². The van der Waals surface area contributed by atoms with Crippen LogP contribution >= 0.6 is 0 Å². The fourth-order valence-electron chi connectivity index (χ4n) is 3.51. The Balaban J connectivity index is 0.000000774. The minimum absolute atomic E-state index is 0.301. The van der Waals surface area contributed by atoms with Gasteiger partial charge in [-0.2, -0.15) is 0 Å². The fraction of sp³-hybridized carbons (Fsp3) is 0.889. The van der Waals surface area contributed by atoms with Gasteiger partial charge in [-0.15, -0.1) is 0 Å². The third-order valence-corrected chi connectivity index (χ3v) is 5.10. The van der Waals surface area contributed by atoms with Gasteiger partial charge < -0.3 is 14.2 Å². The van der Waals surface area contributed by atoms with E-state index in [1.807, 2.05) is 13.8 Å². The Morgan fingerprint density at radius 1 is 1.10 bits per heavy atom. The first-order valence-corrected chi connectivity index (χ1v) is 8.73. The van der Waals surface area contributed by atoms with Gasteiger partial charge in [0, 0.05) is 5.41 Å². The summed E-state index contributed by atoms with van der Waals surface area (Å²) < 4.78 is 16.8. The summed E-state index contributed by atoms with van der Waals surface area (Å²) in [6, 6.07) is 0. The topological polar surface area (TPSA) is 27.7 Å². The lowest BCUT2D eigenvalue weighted by Crippen LogP contribution is -2.45. The first-order chi connectivity index (χ1) is 10.3. The second kappa shape index (κ2) is 8.30. The highest BCUT2D eigenvalue weighted by Gasteiger charge is 2.37. The SMILES string of the molecule is CC.CCC1(COCCOCC2CC3C=CC2C3)COC1. The van der Waals surface area contributed by atoms with E-state index >= 15 is 0 Å². The Bertz CT molecular complexity index is 317. The molecule has 2 aliphatic carbocycles. The summed E-state index contributed by atoms with van der Waals surface area (Å²) in [7, 11) is 0. The third-order valence-electron chi connectivity index (χ3n) is 5.10. The minimum atomic E-state index is 0.301. The molecule has 122 valence electrons. The van der Waals surface area contributed by atoms with Crippen LogP contribution in [-0.2, 0) is 14.2 Å². The molecule has 3 aliphatic rings. The molecule has 0 N–H and O–H groups in total. The van der Waals surface area contributed by atoms with Crippen LogP contribution in [0.2, 0.25) is 0 Å². The van der Waals surface area contributed by atoms with E-state index in [9.17, 15) is 0 Å². The predicted octanol–water partition coefficient (Wildman–Crippen LogP) is 3.68. The molecule has 3 heteroatoms. The zero-order chi connectivity index (χ0) is 15.1. The lowest BCUT2D eigenvalue weighted by Gasteiger charge is -2.40. The van der Waals surface area contributed by atoms with E-state index in [0.29, 0.717) is 5.41 Å². The second-order valence-corrected chi connectivity index (χ2v) is 6.51. The summed E-state index contributed by atoms with van der Waals surface area (Å²) in [6.07, 6.45) is 8.61. The summed E-state index contributed by atoms with van der Waals surface area (Å²) in [4.78, 5) is 0. The molecule has 2 bridgehead atoms. The fourth-order valence-corrected chi connectivity index (χ4v) is 3.51. The van der Waals surface area contributed by atoms with Crippen molar-refractivity contribution < 1.29 is 14.2 Å². The maximum absolute atomic E-state index is 5.78. The molecule has 0 aromatic rings. The van der Waals surface area contributed by atoms with E-state index in [0.717, 1.165) is 63.8 Å². The van der Waals surface area contributed by atoms with Crippen LogP contribution in [0.5, 0.6) is 0 Å². The smallest absolute Gasteiger partial charge is 0.0700 e. The molecule has 1 heterocycles. The van der Waals surface area contributed by atoms with Crippen LogP contribution in [-0.4, -0.2) is 39.6 Å². The van der Waals surface area contributed by atoms with Gasteiger partial charge in [-0.1, -0.05) is 32.9 Å². The van der Waals surface area contributed by atoms with Crippen molar-refractivity contribution in [1.82, 2.24) is 0 Å². The van der Waals surface area contributed by atoms with Crippen molar-refractivity contribution in [2.45, 2.75) is 40.0 Å². The van der Waals surface area contributed by atoms with Gasteiger partial charge >= 0.3 is 0 Å². The maximum Gasteiger partial charge on any atom is 0.0700 e. The van der Waals surface area contributed by atoms with Crippen molar-refractivity contribution in [2.75, 3.05) is 39.6 Å². The van der Waals surface area contributed by atoms with E-state index in [1.54, 1.807) is 0 Å². The monoisotopic (exact) mass is 296 g/mol. The number of allylic oxidation sites excluding steroid dienone is 2. The van der Waals surface area contributed by atoms with Gasteiger partial charge in [0.2, 0.25) is 0 Å². The van der Waals surface area contributed by atoms with E-state index in [-0.39, 0.29) is 0 Å². The Kier molecular flexibility index (Phi) is 6.72. The number of hydrogen-bond acceptors (Lipinski definition) is 3. The van der Waals surface area contributed by atoms with Crippen molar-refractivity contribution in [1.29, 1.82) is 0 Å². The average Bonchev–Trinajstić information content (AvgIpc) is 3.10. The van der Waals surface area contributed by atoms with Crippen molar-refractivity contribution in [3.05, 3.63) is 12.2 Å². The Hall–Kier alpha value is -0.380. The summed E-state index contributed by atoms with van der Waals surface area (Å²) >= 11 is 0. The van der Waals surface area contributed by atoms with Gasteiger partial charge in [0.05, 0.1) is 39.6 Å². The van der Waals surface area contributed by atoms with Gasteiger partial charge in [-0.25, -0.2) is 0 Å². The number of hydrogen-bond donors (Lipinski definition) is 0. The first kappa shape index (κ1) is 17.0. The van der Waals surface area contributed by atoms with Crippen LogP contribution in [0.15, 0.2) is 12.2 Å². The van der Waals surface area contributed by atoms with Crippen molar-refractivity contribution in [2.24, 2.45) is 23.2 Å². The molecule has 0 amide bonds. The standard InChI is InChI=1S/C16H26O3.C2H6/c1-2-16(11-19-12-16)10-18-6-5-17-9-15-8-13-3-4-14(15)7-13;1-2/h3-4,13-15H,2,5-12H2,1H3;1-2H3. The van der Waals surface area contributed by atoms with Gasteiger partial charge in [0.25, 0.3) is 0 Å². The van der Waals surface area contributed by atoms with Crippen molar-refractivity contribution >= 4 is 0 Å². The van der Waals surface area contributed by atoms with Crippen LogP contribution in [0.1, 0.15) is 40.0 Å². The maximum atomic E-state index is 5.78. The third kappa shape index (κ3) is 4.30.